The van der Waals surface area contributed by atoms with E-state index in [4.69, 9.17) is 0 Å². The van der Waals surface area contributed by atoms with E-state index < -0.39 is 36.6 Å². The molecule has 122 valence electrons. The van der Waals surface area contributed by atoms with E-state index in [1.807, 2.05) is 30.3 Å². The summed E-state index contributed by atoms with van der Waals surface area (Å²) in [7, 11) is 0. The predicted octanol–water partition coefficient (Wildman–Crippen LogP) is 2.06. The minimum atomic E-state index is -4.67. The number of nitrogens with zero attached hydrogens (tertiary/aromatic N) is 2. The van der Waals surface area contributed by atoms with Crippen molar-refractivity contribution in [3.8, 4) is 5.69 Å². The summed E-state index contributed by atoms with van der Waals surface area (Å²) in [5.41, 5.74) is -1.68. The molecule has 1 aliphatic rings. The minimum Gasteiger partial charge on any atom is -0.380 e. The van der Waals surface area contributed by atoms with Crippen LogP contribution in [0.15, 0.2) is 42.7 Å². The number of aromatic nitrogens is 2. The lowest BCUT2D eigenvalue weighted by Crippen LogP contribution is -2.62. The molecule has 1 amide bonds. The predicted molar refractivity (Wildman–Crippen MR) is 75.1 cm³/mol. The molecule has 0 bridgehead atoms. The van der Waals surface area contributed by atoms with Crippen LogP contribution < -0.4 is 5.32 Å². The second-order valence-electron chi connectivity index (χ2n) is 5.62. The summed E-state index contributed by atoms with van der Waals surface area (Å²) in [4.78, 5) is 12.0. The molecule has 1 fully saturated rings. The van der Waals surface area contributed by atoms with Crippen LogP contribution in [0.4, 0.5) is 13.2 Å². The maximum absolute atomic E-state index is 12.5. The van der Waals surface area contributed by atoms with Crippen LogP contribution >= 0.6 is 0 Å². The molecule has 3 rings (SSSR count). The number of amides is 1. The Bertz CT molecular complexity index is 706. The van der Waals surface area contributed by atoms with Gasteiger partial charge in [0.05, 0.1) is 17.4 Å². The molecule has 0 unspecified atom stereocenters. The molecule has 1 aliphatic carbocycles. The van der Waals surface area contributed by atoms with Gasteiger partial charge in [0, 0.05) is 25.1 Å². The van der Waals surface area contributed by atoms with Gasteiger partial charge in [-0.2, -0.15) is 18.3 Å². The van der Waals surface area contributed by atoms with Crippen molar-refractivity contribution in [3.05, 3.63) is 48.3 Å². The van der Waals surface area contributed by atoms with Crippen molar-refractivity contribution in [2.45, 2.75) is 30.7 Å². The number of halogens is 3. The summed E-state index contributed by atoms with van der Waals surface area (Å²) in [5.74, 6) is -0.513. The number of carbonyl (C=O) groups excluding carboxylic acids is 1. The standard InChI is InChI=1S/C15H14F3N3O2/c16-15(17,18)14(23)6-11(7-14)20-13(22)10-8-19-21(9-10)12-4-2-1-3-5-12/h1-5,8-9,11,23H,6-7H2,(H,20,22). The van der Waals surface area contributed by atoms with Crippen LogP contribution in [0.1, 0.15) is 23.2 Å². The second-order valence-corrected chi connectivity index (χ2v) is 5.62. The molecule has 8 heteroatoms. The Morgan fingerprint density at radius 1 is 1.30 bits per heavy atom. The van der Waals surface area contributed by atoms with E-state index in [0.29, 0.717) is 0 Å². The fourth-order valence-corrected chi connectivity index (χ4v) is 2.52. The lowest BCUT2D eigenvalue weighted by Gasteiger charge is -2.44. The molecule has 1 saturated carbocycles. The minimum absolute atomic E-state index is 0.247. The van der Waals surface area contributed by atoms with Gasteiger partial charge in [-0.05, 0) is 12.1 Å². The van der Waals surface area contributed by atoms with Gasteiger partial charge in [0.25, 0.3) is 5.91 Å². The highest BCUT2D eigenvalue weighted by Crippen LogP contribution is 2.45. The van der Waals surface area contributed by atoms with Gasteiger partial charge in [0.1, 0.15) is 0 Å². The van der Waals surface area contributed by atoms with Gasteiger partial charge in [-0.1, -0.05) is 18.2 Å². The van der Waals surface area contributed by atoms with Crippen LogP contribution in [0.2, 0.25) is 0 Å². The summed E-state index contributed by atoms with van der Waals surface area (Å²) in [6.45, 7) is 0. The molecule has 1 aromatic heterocycles. The van der Waals surface area contributed by atoms with Crippen LogP contribution in [-0.2, 0) is 0 Å². The first kappa shape index (κ1) is 15.5. The van der Waals surface area contributed by atoms with E-state index in [0.717, 1.165) is 5.69 Å². The average molecular weight is 325 g/mol. The third kappa shape index (κ3) is 2.94. The van der Waals surface area contributed by atoms with Gasteiger partial charge in [-0.3, -0.25) is 4.79 Å². The lowest BCUT2D eigenvalue weighted by atomic mass is 9.75. The second kappa shape index (κ2) is 5.38. The molecule has 2 N–H and O–H groups in total. The van der Waals surface area contributed by atoms with E-state index in [9.17, 15) is 23.1 Å². The average Bonchev–Trinajstić information content (AvgIpc) is 2.95. The molecular weight excluding hydrogens is 311 g/mol. The number of aliphatic hydroxyl groups is 1. The molecule has 1 aromatic carbocycles. The number of alkyl halides is 3. The van der Waals surface area contributed by atoms with E-state index >= 15 is 0 Å². The highest BCUT2D eigenvalue weighted by atomic mass is 19.4. The van der Waals surface area contributed by atoms with E-state index in [2.05, 4.69) is 10.4 Å². The number of benzene rings is 1. The Kier molecular flexibility index (Phi) is 3.63. The number of para-hydroxylation sites is 1. The zero-order valence-corrected chi connectivity index (χ0v) is 11.9. The normalized spacial score (nSPS) is 24.1. The van der Waals surface area contributed by atoms with Gasteiger partial charge in [-0.15, -0.1) is 0 Å². The SMILES string of the molecule is O=C(NC1CC(O)(C(F)(F)F)C1)c1cnn(-c2ccccc2)c1. The summed E-state index contributed by atoms with van der Waals surface area (Å²) >= 11 is 0. The Hall–Kier alpha value is -2.35. The Balaban J connectivity index is 1.62. The van der Waals surface area contributed by atoms with Crippen molar-refractivity contribution < 1.29 is 23.1 Å². The smallest absolute Gasteiger partial charge is 0.380 e. The summed E-state index contributed by atoms with van der Waals surface area (Å²) in [6, 6.07) is 8.41. The fraction of sp³-hybridized carbons (Fsp3) is 0.333. The molecular formula is C15H14F3N3O2. The highest BCUT2D eigenvalue weighted by Gasteiger charge is 2.61. The third-order valence-electron chi connectivity index (χ3n) is 3.90. The molecule has 5 nitrogen and oxygen atoms in total. The van der Waals surface area contributed by atoms with Crippen LogP contribution in [0.5, 0.6) is 0 Å². The van der Waals surface area contributed by atoms with E-state index in [-0.39, 0.29) is 5.56 Å². The number of rotatable bonds is 3. The topological polar surface area (TPSA) is 67.2 Å². The number of nitrogens with one attached hydrogen (secondary N) is 1. The van der Waals surface area contributed by atoms with Crippen LogP contribution in [0, 0.1) is 0 Å². The van der Waals surface area contributed by atoms with Gasteiger partial charge < -0.3 is 10.4 Å². The van der Waals surface area contributed by atoms with Crippen molar-refractivity contribution in [2.75, 3.05) is 0 Å². The maximum Gasteiger partial charge on any atom is 0.417 e. The van der Waals surface area contributed by atoms with E-state index in [1.54, 1.807) is 0 Å². The third-order valence-corrected chi connectivity index (χ3v) is 3.90. The van der Waals surface area contributed by atoms with Crippen molar-refractivity contribution in [1.29, 1.82) is 0 Å². The van der Waals surface area contributed by atoms with Crippen molar-refractivity contribution in [3.63, 3.8) is 0 Å². The largest absolute Gasteiger partial charge is 0.417 e. The molecule has 2 aromatic rings. The van der Waals surface area contributed by atoms with Crippen LogP contribution in [0.3, 0.4) is 0 Å². The zero-order valence-electron chi connectivity index (χ0n) is 11.9. The molecule has 0 spiro atoms. The van der Waals surface area contributed by atoms with Gasteiger partial charge >= 0.3 is 6.18 Å². The van der Waals surface area contributed by atoms with E-state index in [1.165, 1.54) is 17.1 Å². The first-order chi connectivity index (χ1) is 10.8. The number of hydrogen-bond donors (Lipinski definition) is 2. The van der Waals surface area contributed by atoms with Crippen LogP contribution in [-0.4, -0.2) is 38.6 Å². The molecule has 1 heterocycles. The fourth-order valence-electron chi connectivity index (χ4n) is 2.52. The Morgan fingerprint density at radius 3 is 2.57 bits per heavy atom. The first-order valence-corrected chi connectivity index (χ1v) is 6.98. The summed E-state index contributed by atoms with van der Waals surface area (Å²) in [6.07, 6.45) is -2.90. The van der Waals surface area contributed by atoms with Crippen molar-refractivity contribution >= 4 is 5.91 Å². The van der Waals surface area contributed by atoms with Crippen LogP contribution in [0.25, 0.3) is 5.69 Å². The quantitative estimate of drug-likeness (QED) is 0.908. The molecule has 0 aliphatic heterocycles. The van der Waals surface area contributed by atoms with Crippen molar-refractivity contribution in [2.24, 2.45) is 0 Å². The van der Waals surface area contributed by atoms with Crippen molar-refractivity contribution in [1.82, 2.24) is 15.1 Å². The van der Waals surface area contributed by atoms with Gasteiger partial charge in [0.15, 0.2) is 5.60 Å². The lowest BCUT2D eigenvalue weighted by molar-refractivity contribution is -0.291. The summed E-state index contributed by atoms with van der Waals surface area (Å²) in [5, 5.41) is 15.9. The highest BCUT2D eigenvalue weighted by molar-refractivity contribution is 5.94. The Labute approximate surface area is 129 Å². The molecule has 0 radical (unpaired) electrons. The summed E-state index contributed by atoms with van der Waals surface area (Å²) < 4.78 is 39.1. The maximum atomic E-state index is 12.5. The zero-order chi connectivity index (χ0) is 16.7. The molecule has 0 saturated heterocycles. The monoisotopic (exact) mass is 325 g/mol. The Morgan fingerprint density at radius 2 is 1.96 bits per heavy atom. The number of carbonyl (C=O) groups is 1. The molecule has 23 heavy (non-hydrogen) atoms. The molecule has 0 atom stereocenters. The number of hydrogen-bond acceptors (Lipinski definition) is 3. The van der Waals surface area contributed by atoms with Gasteiger partial charge in [-0.25, -0.2) is 4.68 Å². The van der Waals surface area contributed by atoms with Gasteiger partial charge in [0.2, 0.25) is 0 Å². The first-order valence-electron chi connectivity index (χ1n) is 6.98.